The minimum absolute atomic E-state index is 0.242. The first-order valence-corrected chi connectivity index (χ1v) is 22.7. The molecule has 4 saturated carbocycles. The summed E-state index contributed by atoms with van der Waals surface area (Å²) in [6, 6.07) is 71.8. The summed E-state index contributed by atoms with van der Waals surface area (Å²) in [7, 11) is 0. The molecule has 4 bridgehead atoms. The summed E-state index contributed by atoms with van der Waals surface area (Å²) in [5, 5.41) is 11.6. The quantitative estimate of drug-likeness (QED) is 0.153. The molecule has 1 heterocycles. The topological polar surface area (TPSA) is 62.5 Å². The average Bonchev–Trinajstić information content (AvgIpc) is 3.36. The monoisotopic (exact) mass is 822 g/mol. The molecule has 0 aliphatic heterocycles. The molecule has 8 aromatic carbocycles. The summed E-state index contributed by atoms with van der Waals surface area (Å²) in [6.45, 7) is 0. The molecule has 0 N–H and O–H groups in total. The van der Waals surface area contributed by atoms with Crippen molar-refractivity contribution < 1.29 is 0 Å². The highest BCUT2D eigenvalue weighted by Crippen LogP contribution is 2.66. The van der Waals surface area contributed by atoms with E-state index in [1.54, 1.807) is 0 Å². The van der Waals surface area contributed by atoms with Crippen molar-refractivity contribution in [3.8, 4) is 73.6 Å². The lowest BCUT2D eigenvalue weighted by atomic mass is 9.41. The van der Waals surface area contributed by atoms with Crippen molar-refractivity contribution in [1.82, 2.24) is 15.0 Å². The molecule has 4 fully saturated rings. The Kier molecular flexibility index (Phi) is 9.20. The molecular weight excluding hydrogens is 777 g/mol. The summed E-state index contributed by atoms with van der Waals surface area (Å²) in [6.07, 6.45) is 7.90. The van der Waals surface area contributed by atoms with E-state index in [0.29, 0.717) is 23.0 Å². The average molecular weight is 823 g/mol. The van der Waals surface area contributed by atoms with Crippen molar-refractivity contribution in [3.63, 3.8) is 0 Å². The van der Waals surface area contributed by atoms with Crippen molar-refractivity contribution >= 4 is 10.8 Å². The fourth-order valence-electron chi connectivity index (χ4n) is 12.1. The van der Waals surface area contributed by atoms with Crippen LogP contribution in [0.3, 0.4) is 0 Å². The Hall–Kier alpha value is -7.48. The van der Waals surface area contributed by atoms with E-state index in [0.717, 1.165) is 39.5 Å². The lowest BCUT2D eigenvalue weighted by Crippen LogP contribution is -2.55. The van der Waals surface area contributed by atoms with Crippen molar-refractivity contribution in [2.24, 2.45) is 11.8 Å². The highest BCUT2D eigenvalue weighted by atomic mass is 15.0. The molecule has 4 heteroatoms. The van der Waals surface area contributed by atoms with E-state index in [4.69, 9.17) is 15.0 Å². The van der Waals surface area contributed by atoms with Crippen LogP contribution in [0.1, 0.15) is 55.2 Å². The summed E-state index contributed by atoms with van der Waals surface area (Å²) >= 11 is 0. The Morgan fingerprint density at radius 2 is 0.734 bits per heavy atom. The summed E-state index contributed by atoms with van der Waals surface area (Å²) < 4.78 is 0. The van der Waals surface area contributed by atoms with E-state index < -0.39 is 0 Å². The number of fused-ring (bicyclic) bond motifs is 1. The molecule has 4 nitrogen and oxygen atoms in total. The van der Waals surface area contributed by atoms with Crippen molar-refractivity contribution in [2.75, 3.05) is 0 Å². The SMILES string of the molecule is N#Cc1ccc2cc(-c3ccc(C45CC6CC(CC(c7ccc(-c8ccc(-c9ccc(-c%10nc(-c%11ccccc%11)nc(-c%11ccccc%11)n%10)cc9)cc8)cc7)(C6)C4)C5)cc3)ccc2c1. The standard InChI is InChI=1S/C60H46N4/c61-38-40-11-12-53-33-52(22-21-51(53)32-40)47-25-29-55(30-26-47)60-36-41-31-42(37-60)35-59(34-41,39-60)54-27-23-46(24-28-54)44-15-13-43(14-16-44)45-17-19-50(20-18-45)58-63-56(48-7-3-1-4-8-48)62-57(64-58)49-9-5-2-6-10-49/h1-30,32-33,41-42H,31,34-37,39H2. The van der Waals surface area contributed by atoms with Gasteiger partial charge >= 0.3 is 0 Å². The molecule has 13 rings (SSSR count). The van der Waals surface area contributed by atoms with Gasteiger partial charge in [-0.25, -0.2) is 15.0 Å². The van der Waals surface area contributed by atoms with Crippen LogP contribution in [-0.2, 0) is 10.8 Å². The van der Waals surface area contributed by atoms with Crippen LogP contribution in [0, 0.1) is 23.2 Å². The van der Waals surface area contributed by atoms with Gasteiger partial charge in [0, 0.05) is 16.7 Å². The normalized spacial score (nSPS) is 20.9. The number of aromatic nitrogens is 3. The molecule has 4 aliphatic carbocycles. The van der Waals surface area contributed by atoms with Gasteiger partial charge in [-0.1, -0.05) is 176 Å². The second-order valence-corrected chi connectivity index (χ2v) is 18.8. The first kappa shape index (κ1) is 38.2. The zero-order valence-electron chi connectivity index (χ0n) is 35.7. The van der Waals surface area contributed by atoms with Crippen molar-refractivity contribution in [2.45, 2.75) is 49.4 Å². The largest absolute Gasteiger partial charge is 0.208 e. The summed E-state index contributed by atoms with van der Waals surface area (Å²) in [5.41, 5.74) is 14.4. The number of rotatable bonds is 8. The molecule has 1 aromatic heterocycles. The van der Waals surface area contributed by atoms with Crippen LogP contribution in [0.25, 0.3) is 78.3 Å². The Morgan fingerprint density at radius 1 is 0.375 bits per heavy atom. The van der Waals surface area contributed by atoms with Gasteiger partial charge in [0.1, 0.15) is 0 Å². The molecule has 2 unspecified atom stereocenters. The lowest BCUT2D eigenvalue weighted by Gasteiger charge is -2.63. The maximum Gasteiger partial charge on any atom is 0.164 e. The number of hydrogen-bond acceptors (Lipinski definition) is 4. The molecule has 0 saturated heterocycles. The predicted molar refractivity (Wildman–Crippen MR) is 259 cm³/mol. The first-order chi connectivity index (χ1) is 31.5. The fourth-order valence-corrected chi connectivity index (χ4v) is 12.1. The maximum atomic E-state index is 9.34. The first-order valence-electron chi connectivity index (χ1n) is 22.7. The molecule has 2 atom stereocenters. The van der Waals surface area contributed by atoms with Crippen LogP contribution >= 0.6 is 0 Å². The maximum absolute atomic E-state index is 9.34. The Bertz CT molecular complexity index is 3130. The lowest BCUT2D eigenvalue weighted by molar-refractivity contribution is -0.0281. The highest BCUT2D eigenvalue weighted by Gasteiger charge is 2.58. The molecule has 306 valence electrons. The second-order valence-electron chi connectivity index (χ2n) is 18.8. The second kappa shape index (κ2) is 15.4. The van der Waals surface area contributed by atoms with Crippen LogP contribution in [0.15, 0.2) is 194 Å². The van der Waals surface area contributed by atoms with Gasteiger partial charge in [0.05, 0.1) is 11.6 Å². The molecule has 9 aromatic rings. The van der Waals surface area contributed by atoms with Crippen LogP contribution in [0.4, 0.5) is 0 Å². The summed E-state index contributed by atoms with van der Waals surface area (Å²) in [4.78, 5) is 14.7. The van der Waals surface area contributed by atoms with Crippen LogP contribution in [-0.4, -0.2) is 15.0 Å². The zero-order chi connectivity index (χ0) is 42.7. The van der Waals surface area contributed by atoms with E-state index in [-0.39, 0.29) is 10.8 Å². The number of nitriles is 1. The van der Waals surface area contributed by atoms with Crippen LogP contribution in [0.2, 0.25) is 0 Å². The highest BCUT2D eigenvalue weighted by molar-refractivity contribution is 5.88. The summed E-state index contributed by atoms with van der Waals surface area (Å²) in [5.74, 6) is 3.56. The third kappa shape index (κ3) is 6.89. The van der Waals surface area contributed by atoms with E-state index in [1.165, 1.54) is 82.9 Å². The van der Waals surface area contributed by atoms with Crippen LogP contribution < -0.4 is 0 Å². The molecular formula is C60H46N4. The van der Waals surface area contributed by atoms with Gasteiger partial charge in [-0.15, -0.1) is 0 Å². The smallest absolute Gasteiger partial charge is 0.164 e. The molecule has 0 amide bonds. The minimum atomic E-state index is 0.242. The van der Waals surface area contributed by atoms with E-state index in [1.807, 2.05) is 72.8 Å². The number of nitrogens with zero attached hydrogens (tertiary/aromatic N) is 4. The number of benzene rings is 8. The predicted octanol–water partition coefficient (Wildman–Crippen LogP) is 14.7. The molecule has 4 aliphatic rings. The van der Waals surface area contributed by atoms with E-state index in [9.17, 15) is 5.26 Å². The van der Waals surface area contributed by atoms with Gasteiger partial charge in [-0.2, -0.15) is 5.26 Å². The van der Waals surface area contributed by atoms with Gasteiger partial charge < -0.3 is 0 Å². The van der Waals surface area contributed by atoms with E-state index >= 15 is 0 Å². The molecule has 0 spiro atoms. The Labute approximate surface area is 375 Å². The van der Waals surface area contributed by atoms with E-state index in [2.05, 4.69) is 127 Å². The Balaban J connectivity index is 0.765. The van der Waals surface area contributed by atoms with Crippen LogP contribution in [0.5, 0.6) is 0 Å². The molecule has 0 radical (unpaired) electrons. The van der Waals surface area contributed by atoms with Crippen molar-refractivity contribution in [1.29, 1.82) is 5.26 Å². The number of hydrogen-bond donors (Lipinski definition) is 0. The van der Waals surface area contributed by atoms with Gasteiger partial charge in [0.15, 0.2) is 17.5 Å². The third-order valence-electron chi connectivity index (χ3n) is 14.8. The fraction of sp³-hybridized carbons (Fsp3) is 0.167. The van der Waals surface area contributed by atoms with Gasteiger partial charge in [0.2, 0.25) is 0 Å². The third-order valence-corrected chi connectivity index (χ3v) is 14.8. The zero-order valence-corrected chi connectivity index (χ0v) is 35.7. The van der Waals surface area contributed by atoms with Gasteiger partial charge in [-0.3, -0.25) is 0 Å². The molecule has 64 heavy (non-hydrogen) atoms. The Morgan fingerprint density at radius 3 is 1.19 bits per heavy atom. The minimum Gasteiger partial charge on any atom is -0.208 e. The van der Waals surface area contributed by atoms with Gasteiger partial charge in [0.25, 0.3) is 0 Å². The van der Waals surface area contributed by atoms with Gasteiger partial charge in [-0.05, 0) is 135 Å². The van der Waals surface area contributed by atoms with Crippen molar-refractivity contribution in [3.05, 3.63) is 211 Å².